The molecule has 0 saturated heterocycles. The quantitative estimate of drug-likeness (QED) is 0.210. The summed E-state index contributed by atoms with van der Waals surface area (Å²) >= 11 is 5.90. The summed E-state index contributed by atoms with van der Waals surface area (Å²) in [5.41, 5.74) is 6.21. The molecule has 10 nitrogen and oxygen atoms in total. The molecule has 1 unspecified atom stereocenters. The molecule has 0 radical (unpaired) electrons. The van der Waals surface area contributed by atoms with Gasteiger partial charge in [-0.05, 0) is 18.9 Å². The summed E-state index contributed by atoms with van der Waals surface area (Å²) in [6.45, 7) is 7.65. The number of ether oxygens (including phenoxy) is 4. The van der Waals surface area contributed by atoms with Crippen LogP contribution in [-0.4, -0.2) is 76.2 Å². The zero-order chi connectivity index (χ0) is 23.3. The molecule has 0 spiro atoms. The number of nitrogens with one attached hydrogen (secondary N) is 1. The van der Waals surface area contributed by atoms with Gasteiger partial charge in [-0.1, -0.05) is 24.6 Å². The van der Waals surface area contributed by atoms with Gasteiger partial charge in [0.15, 0.2) is 0 Å². The minimum Gasteiger partial charge on any atom is -0.475 e. The largest absolute Gasteiger partial charge is 0.475 e. The van der Waals surface area contributed by atoms with E-state index in [-0.39, 0.29) is 0 Å². The number of aryl methyl sites for hydroxylation is 1. The molecule has 0 aliphatic carbocycles. The van der Waals surface area contributed by atoms with Crippen LogP contribution in [0.4, 0.5) is 4.53 Å². The Morgan fingerprint density at radius 3 is 2.23 bits per heavy atom. The van der Waals surface area contributed by atoms with Gasteiger partial charge in [-0.3, -0.25) is 9.74 Å². The van der Waals surface area contributed by atoms with Crippen molar-refractivity contribution >= 4 is 24.0 Å². The third-order valence-electron chi connectivity index (χ3n) is 3.53. The molecule has 1 amide bonds. The fourth-order valence-corrected chi connectivity index (χ4v) is 2.03. The first-order valence-corrected chi connectivity index (χ1v) is 10.1. The molecule has 1 aromatic rings. The second-order valence-electron chi connectivity index (χ2n) is 5.87. The van der Waals surface area contributed by atoms with Gasteiger partial charge in [-0.15, -0.1) is 0 Å². The van der Waals surface area contributed by atoms with E-state index in [2.05, 4.69) is 15.2 Å². The first-order valence-electron chi connectivity index (χ1n) is 9.71. The zero-order valence-corrected chi connectivity index (χ0v) is 18.6. The Morgan fingerprint density at radius 2 is 1.74 bits per heavy atom. The van der Waals surface area contributed by atoms with Crippen LogP contribution in [0, 0.1) is 6.92 Å². The van der Waals surface area contributed by atoms with Crippen molar-refractivity contribution < 1.29 is 38.0 Å². The molecule has 0 aromatic carbocycles. The number of halogens is 2. The molecule has 178 valence electrons. The minimum absolute atomic E-state index is 0.307. The predicted molar refractivity (Wildman–Crippen MR) is 111 cm³/mol. The van der Waals surface area contributed by atoms with Crippen molar-refractivity contribution in [2.24, 2.45) is 5.73 Å². The number of carbonyl (C=O) groups is 2. The van der Waals surface area contributed by atoms with Gasteiger partial charge < -0.3 is 30.0 Å². The number of hydrogen-bond acceptors (Lipinski definition) is 9. The van der Waals surface area contributed by atoms with E-state index < -0.39 is 12.0 Å². The summed E-state index contributed by atoms with van der Waals surface area (Å²) in [5, 5.41) is 2.54. The van der Waals surface area contributed by atoms with Crippen LogP contribution in [0.1, 0.15) is 18.9 Å². The summed E-state index contributed by atoms with van der Waals surface area (Å²) in [6, 6.07) is 2.78. The Morgan fingerprint density at radius 1 is 1.16 bits per heavy atom. The molecule has 0 saturated carbocycles. The van der Waals surface area contributed by atoms with Gasteiger partial charge in [0.05, 0.1) is 39.6 Å². The van der Waals surface area contributed by atoms with Crippen molar-refractivity contribution in [3.8, 4) is 5.88 Å². The van der Waals surface area contributed by atoms with E-state index in [1.165, 1.54) is 0 Å². The molecule has 0 aliphatic heterocycles. The lowest BCUT2D eigenvalue weighted by atomic mass is 10.2. The van der Waals surface area contributed by atoms with Crippen LogP contribution in [0.3, 0.4) is 0 Å². The molecule has 0 bridgehead atoms. The van der Waals surface area contributed by atoms with Crippen LogP contribution in [-0.2, 0) is 28.7 Å². The molecule has 1 heterocycles. The fraction of sp³-hybridized carbons (Fsp3) is 0.632. The summed E-state index contributed by atoms with van der Waals surface area (Å²) in [6.07, 6.45) is 0.632. The van der Waals surface area contributed by atoms with Crippen LogP contribution in [0.15, 0.2) is 12.1 Å². The number of rotatable bonds is 16. The monoisotopic (exact) mass is 467 g/mol. The third kappa shape index (κ3) is 15.4. The summed E-state index contributed by atoms with van der Waals surface area (Å²) < 4.78 is 32.4. The minimum atomic E-state index is -1.07. The topological polar surface area (TPSA) is 131 Å². The predicted octanol–water partition coefficient (Wildman–Crippen LogP) is 1.37. The van der Waals surface area contributed by atoms with Crippen LogP contribution < -0.4 is 15.8 Å². The number of aromatic nitrogens is 1. The van der Waals surface area contributed by atoms with E-state index in [4.69, 9.17) is 36.3 Å². The van der Waals surface area contributed by atoms with Gasteiger partial charge in [0.1, 0.15) is 17.8 Å². The Bertz CT molecular complexity index is 614. The maximum Gasteiger partial charge on any atom is 0.370 e. The number of amides is 1. The van der Waals surface area contributed by atoms with Crippen LogP contribution in [0.25, 0.3) is 0 Å². The number of nitrogens with two attached hydrogens (primary N) is 1. The van der Waals surface area contributed by atoms with Crippen molar-refractivity contribution in [1.82, 2.24) is 10.3 Å². The summed E-state index contributed by atoms with van der Waals surface area (Å²) in [7, 11) is 0. The molecule has 12 heteroatoms. The van der Waals surface area contributed by atoms with E-state index in [0.29, 0.717) is 76.7 Å². The van der Waals surface area contributed by atoms with E-state index in [9.17, 15) is 14.1 Å². The third-order valence-corrected chi connectivity index (χ3v) is 3.91. The Balaban J connectivity index is 0.000000759. The van der Waals surface area contributed by atoms with E-state index in [1.807, 2.05) is 13.0 Å². The number of hydrogen-bond donors (Lipinski definition) is 2. The first-order chi connectivity index (χ1) is 15.0. The second kappa shape index (κ2) is 19.9. The number of nitrogens with zero attached hydrogens (tertiary/aromatic N) is 1. The first kappa shape index (κ1) is 28.9. The Hall–Kier alpha value is -2.05. The van der Waals surface area contributed by atoms with Crippen LogP contribution >= 0.6 is 11.6 Å². The standard InChI is InChI=1S/C14H23ClN2O4.C5H8FNO3/c1-12-2-3-13(17-14(12)15)21-11-10-20-9-8-19-7-6-18-5-4-16;1-2-4(7-3-8)5(9)10-6/h2-3H,4-11,16H2,1H3;3-4H,2H2,1H3,(H,7,8). The number of pyridine rings is 1. The maximum atomic E-state index is 11.1. The fourth-order valence-electron chi connectivity index (χ4n) is 1.89. The normalized spacial score (nSPS) is 11.1. The van der Waals surface area contributed by atoms with Gasteiger partial charge in [0.2, 0.25) is 12.3 Å². The van der Waals surface area contributed by atoms with E-state index >= 15 is 0 Å². The lowest BCUT2D eigenvalue weighted by Crippen LogP contribution is -2.35. The van der Waals surface area contributed by atoms with Gasteiger partial charge >= 0.3 is 5.97 Å². The Labute approximate surface area is 186 Å². The van der Waals surface area contributed by atoms with Gasteiger partial charge in [-0.25, -0.2) is 9.78 Å². The maximum absolute atomic E-state index is 11.1. The van der Waals surface area contributed by atoms with Gasteiger partial charge in [-0.2, -0.15) is 0 Å². The van der Waals surface area contributed by atoms with Crippen molar-refractivity contribution in [2.45, 2.75) is 26.3 Å². The van der Waals surface area contributed by atoms with Gasteiger partial charge in [0.25, 0.3) is 0 Å². The molecular weight excluding hydrogens is 437 g/mol. The van der Waals surface area contributed by atoms with Crippen LogP contribution in [0.2, 0.25) is 5.15 Å². The highest BCUT2D eigenvalue weighted by Crippen LogP contribution is 2.16. The lowest BCUT2D eigenvalue weighted by molar-refractivity contribution is -0.186. The SMILES string of the molecule is CCC(NC=O)C(=O)OF.Cc1ccc(OCCOCCOCCOCCN)nc1Cl. The molecule has 3 N–H and O–H groups in total. The Kier molecular flexibility index (Phi) is 18.6. The highest BCUT2D eigenvalue weighted by atomic mass is 35.5. The number of carbonyl (C=O) groups excluding carboxylic acids is 2. The van der Waals surface area contributed by atoms with Crippen molar-refractivity contribution in [3.05, 3.63) is 22.8 Å². The summed E-state index contributed by atoms with van der Waals surface area (Å²) in [5.74, 6) is -0.572. The van der Waals surface area contributed by atoms with Crippen molar-refractivity contribution in [1.29, 1.82) is 0 Å². The molecular formula is C19H31ClFN3O7. The molecule has 1 atom stereocenters. The van der Waals surface area contributed by atoms with E-state index in [1.54, 1.807) is 13.0 Å². The van der Waals surface area contributed by atoms with Crippen LogP contribution in [0.5, 0.6) is 5.88 Å². The average Bonchev–Trinajstić information content (AvgIpc) is 2.78. The average molecular weight is 468 g/mol. The highest BCUT2D eigenvalue weighted by molar-refractivity contribution is 6.30. The van der Waals surface area contributed by atoms with Crippen molar-refractivity contribution in [2.75, 3.05) is 52.8 Å². The molecule has 1 rings (SSSR count). The molecule has 31 heavy (non-hydrogen) atoms. The molecule has 0 fully saturated rings. The zero-order valence-electron chi connectivity index (χ0n) is 17.8. The summed E-state index contributed by atoms with van der Waals surface area (Å²) in [4.78, 5) is 27.1. The van der Waals surface area contributed by atoms with E-state index in [0.717, 1.165) is 5.56 Å². The second-order valence-corrected chi connectivity index (χ2v) is 6.23. The molecule has 0 aliphatic rings. The highest BCUT2D eigenvalue weighted by Gasteiger charge is 2.16. The van der Waals surface area contributed by atoms with Gasteiger partial charge in [0, 0.05) is 17.1 Å². The van der Waals surface area contributed by atoms with Crippen molar-refractivity contribution in [3.63, 3.8) is 0 Å². The molecule has 1 aromatic heterocycles. The smallest absolute Gasteiger partial charge is 0.370 e. The lowest BCUT2D eigenvalue weighted by Gasteiger charge is -2.08.